The van der Waals surface area contributed by atoms with E-state index in [1.807, 2.05) is 36.9 Å². The van der Waals surface area contributed by atoms with Crippen molar-refractivity contribution in [3.63, 3.8) is 0 Å². The quantitative estimate of drug-likeness (QED) is 0.797. The van der Waals surface area contributed by atoms with Crippen LogP contribution in [0.4, 0.5) is 0 Å². The molecule has 18 heavy (non-hydrogen) atoms. The van der Waals surface area contributed by atoms with Crippen molar-refractivity contribution in [2.45, 2.75) is 18.7 Å². The Morgan fingerprint density at radius 2 is 2.17 bits per heavy atom. The van der Waals surface area contributed by atoms with Gasteiger partial charge in [0.05, 0.1) is 12.3 Å². The first-order chi connectivity index (χ1) is 8.70. The van der Waals surface area contributed by atoms with E-state index in [0.717, 1.165) is 29.3 Å². The summed E-state index contributed by atoms with van der Waals surface area (Å²) < 4.78 is 7.64. The topological polar surface area (TPSA) is 39.9 Å². The Hall–Kier alpha value is -1.36. The van der Waals surface area contributed by atoms with E-state index in [1.54, 1.807) is 6.20 Å². The summed E-state index contributed by atoms with van der Waals surface area (Å²) in [5.41, 5.74) is 3.11. The summed E-state index contributed by atoms with van der Waals surface area (Å²) in [5.74, 6) is 0.847. The first-order valence-electron chi connectivity index (χ1n) is 5.83. The maximum Gasteiger partial charge on any atom is 0.141 e. The number of aryl methyl sites for hydroxylation is 2. The van der Waals surface area contributed by atoms with Gasteiger partial charge in [-0.25, -0.2) is 0 Å². The second kappa shape index (κ2) is 6.00. The van der Waals surface area contributed by atoms with E-state index >= 15 is 0 Å². The second-order valence-corrected chi connectivity index (χ2v) is 4.64. The van der Waals surface area contributed by atoms with Crippen molar-refractivity contribution in [1.82, 2.24) is 14.8 Å². The van der Waals surface area contributed by atoms with Gasteiger partial charge in [0.1, 0.15) is 5.75 Å². The van der Waals surface area contributed by atoms with Crippen molar-refractivity contribution >= 4 is 15.9 Å². The first-order valence-corrected chi connectivity index (χ1v) is 6.95. The van der Waals surface area contributed by atoms with Gasteiger partial charge in [0, 0.05) is 36.4 Å². The van der Waals surface area contributed by atoms with Crippen LogP contribution in [-0.4, -0.2) is 21.4 Å². The number of hydrogen-bond donors (Lipinski definition) is 0. The van der Waals surface area contributed by atoms with Gasteiger partial charge in [0.15, 0.2) is 0 Å². The Kier molecular flexibility index (Phi) is 4.36. The predicted molar refractivity (Wildman–Crippen MR) is 74.0 cm³/mol. The van der Waals surface area contributed by atoms with Gasteiger partial charge in [-0.3, -0.25) is 9.67 Å². The van der Waals surface area contributed by atoms with Crippen molar-refractivity contribution in [3.05, 3.63) is 41.5 Å². The molecule has 0 saturated carbocycles. The highest BCUT2D eigenvalue weighted by atomic mass is 79.9. The molecule has 0 fully saturated rings. The zero-order valence-electron chi connectivity index (χ0n) is 10.6. The zero-order valence-corrected chi connectivity index (χ0v) is 12.1. The van der Waals surface area contributed by atoms with E-state index < -0.39 is 0 Å². The molecule has 0 aliphatic heterocycles. The van der Waals surface area contributed by atoms with Gasteiger partial charge >= 0.3 is 0 Å². The number of aromatic nitrogens is 3. The molecule has 2 rings (SSSR count). The summed E-state index contributed by atoms with van der Waals surface area (Å²) in [4.78, 5) is 4.44. The number of rotatable bonds is 5. The molecular formula is C13H16BrN3O. The van der Waals surface area contributed by atoms with Crippen LogP contribution in [0.5, 0.6) is 5.75 Å². The lowest BCUT2D eigenvalue weighted by Crippen LogP contribution is -2.07. The molecule has 4 nitrogen and oxygen atoms in total. The summed E-state index contributed by atoms with van der Waals surface area (Å²) in [7, 11) is 1.94. The highest BCUT2D eigenvalue weighted by Gasteiger charge is 2.05. The van der Waals surface area contributed by atoms with Gasteiger partial charge in [0.2, 0.25) is 0 Å². The summed E-state index contributed by atoms with van der Waals surface area (Å²) in [5, 5.41) is 4.83. The van der Waals surface area contributed by atoms with Crippen molar-refractivity contribution in [2.24, 2.45) is 7.05 Å². The fourth-order valence-corrected chi connectivity index (χ4v) is 2.14. The van der Waals surface area contributed by atoms with Gasteiger partial charge in [-0.1, -0.05) is 15.9 Å². The minimum atomic E-state index is 0.629. The molecule has 0 aromatic carbocycles. The Balaban J connectivity index is 1.96. The third-order valence-corrected chi connectivity index (χ3v) is 3.27. The number of ether oxygens (including phenoxy) is 1. The number of alkyl halides is 1. The Morgan fingerprint density at radius 3 is 2.83 bits per heavy atom. The molecule has 0 amide bonds. The fraction of sp³-hybridized carbons (Fsp3) is 0.385. The Labute approximate surface area is 115 Å². The lowest BCUT2D eigenvalue weighted by atomic mass is 10.3. The molecule has 0 N–H and O–H groups in total. The Morgan fingerprint density at radius 1 is 1.33 bits per heavy atom. The van der Waals surface area contributed by atoms with Crippen LogP contribution in [0.2, 0.25) is 0 Å². The number of halogens is 1. The van der Waals surface area contributed by atoms with Crippen LogP contribution in [0.25, 0.3) is 0 Å². The maximum atomic E-state index is 5.78. The molecule has 2 aromatic heterocycles. The van der Waals surface area contributed by atoms with E-state index in [2.05, 4.69) is 26.0 Å². The van der Waals surface area contributed by atoms with Crippen LogP contribution in [0.1, 0.15) is 17.1 Å². The van der Waals surface area contributed by atoms with E-state index in [1.165, 1.54) is 0 Å². The van der Waals surface area contributed by atoms with Crippen molar-refractivity contribution in [1.29, 1.82) is 0 Å². The summed E-state index contributed by atoms with van der Waals surface area (Å²) in [6.07, 6.45) is 2.64. The number of nitrogens with zero attached hydrogens (tertiary/aromatic N) is 3. The normalized spacial score (nSPS) is 10.6. The summed E-state index contributed by atoms with van der Waals surface area (Å²) >= 11 is 3.43. The molecule has 2 heterocycles. The molecule has 0 bridgehead atoms. The number of hydrogen-bond acceptors (Lipinski definition) is 3. The average molecular weight is 310 g/mol. The van der Waals surface area contributed by atoms with Gasteiger partial charge < -0.3 is 4.74 Å². The maximum absolute atomic E-state index is 5.78. The molecule has 5 heteroatoms. The molecular weight excluding hydrogens is 294 g/mol. The SMILES string of the molecule is Cc1ccc(OCCc2ccnn2C)c(CBr)n1. The molecule has 2 aromatic rings. The van der Waals surface area contributed by atoms with Gasteiger partial charge in [0.25, 0.3) is 0 Å². The summed E-state index contributed by atoms with van der Waals surface area (Å²) in [6.45, 7) is 2.61. The van der Waals surface area contributed by atoms with E-state index in [9.17, 15) is 0 Å². The van der Waals surface area contributed by atoms with E-state index in [0.29, 0.717) is 11.9 Å². The van der Waals surface area contributed by atoms with Crippen molar-refractivity contribution < 1.29 is 4.74 Å². The summed E-state index contributed by atoms with van der Waals surface area (Å²) in [6, 6.07) is 5.94. The molecule has 96 valence electrons. The van der Waals surface area contributed by atoms with E-state index in [4.69, 9.17) is 4.74 Å². The van der Waals surface area contributed by atoms with Crippen molar-refractivity contribution in [2.75, 3.05) is 6.61 Å². The minimum Gasteiger partial charge on any atom is -0.491 e. The van der Waals surface area contributed by atoms with E-state index in [-0.39, 0.29) is 0 Å². The molecule has 0 aliphatic carbocycles. The third-order valence-electron chi connectivity index (χ3n) is 2.74. The lowest BCUT2D eigenvalue weighted by molar-refractivity contribution is 0.314. The average Bonchev–Trinajstić information content (AvgIpc) is 2.77. The lowest BCUT2D eigenvalue weighted by Gasteiger charge is -2.10. The third kappa shape index (κ3) is 3.10. The monoisotopic (exact) mass is 309 g/mol. The molecule has 0 atom stereocenters. The van der Waals surface area contributed by atoms with Crippen LogP contribution < -0.4 is 4.74 Å². The van der Waals surface area contributed by atoms with Crippen LogP contribution in [0, 0.1) is 6.92 Å². The number of pyridine rings is 1. The fourth-order valence-electron chi connectivity index (χ4n) is 1.74. The second-order valence-electron chi connectivity index (χ2n) is 4.08. The molecule has 0 spiro atoms. The van der Waals surface area contributed by atoms with Gasteiger partial charge in [-0.2, -0.15) is 5.10 Å². The first kappa shape index (κ1) is 13.1. The van der Waals surface area contributed by atoms with Crippen LogP contribution >= 0.6 is 15.9 Å². The molecule has 0 radical (unpaired) electrons. The van der Waals surface area contributed by atoms with Crippen LogP contribution in [0.15, 0.2) is 24.4 Å². The largest absolute Gasteiger partial charge is 0.491 e. The highest BCUT2D eigenvalue weighted by molar-refractivity contribution is 9.08. The zero-order chi connectivity index (χ0) is 13.0. The smallest absolute Gasteiger partial charge is 0.141 e. The predicted octanol–water partition coefficient (Wildman–Crippen LogP) is 2.64. The molecule has 0 saturated heterocycles. The van der Waals surface area contributed by atoms with Crippen LogP contribution in [0.3, 0.4) is 0 Å². The molecule has 0 unspecified atom stereocenters. The van der Waals surface area contributed by atoms with Crippen molar-refractivity contribution in [3.8, 4) is 5.75 Å². The minimum absolute atomic E-state index is 0.629. The Bertz CT molecular complexity index is 525. The van der Waals surface area contributed by atoms with Crippen LogP contribution in [-0.2, 0) is 18.8 Å². The van der Waals surface area contributed by atoms with Gasteiger partial charge in [-0.15, -0.1) is 0 Å². The highest BCUT2D eigenvalue weighted by Crippen LogP contribution is 2.19. The standard InChI is InChI=1S/C13H16BrN3O/c1-10-3-4-13(12(9-14)16-10)18-8-6-11-5-7-15-17(11)2/h3-5,7H,6,8-9H2,1-2H3. The molecule has 0 aliphatic rings. The van der Waals surface area contributed by atoms with Gasteiger partial charge in [-0.05, 0) is 25.1 Å².